The fraction of sp³-hybridized carbons (Fsp3) is 1.00. The molecule has 0 unspecified atom stereocenters. The van der Waals surface area contributed by atoms with Gasteiger partial charge in [-0.05, 0) is 29.7 Å². The van der Waals surface area contributed by atoms with E-state index in [0.717, 1.165) is 0 Å². The van der Waals surface area contributed by atoms with Gasteiger partial charge in [-0.25, -0.2) is 0 Å². The molecule has 4 N–H and O–H groups in total. The topological polar surface area (TPSA) is 111 Å². The molecule has 0 radical (unpaired) electrons. The van der Waals surface area contributed by atoms with Gasteiger partial charge in [0.25, 0.3) is 5.79 Å². The van der Waals surface area contributed by atoms with Crippen LogP contribution in [0.5, 0.6) is 0 Å². The minimum absolute atomic E-state index is 0.164. The molecule has 0 aromatic heterocycles. The first kappa shape index (κ1) is 10.1. The Morgan fingerprint density at radius 3 is 2.09 bits per heavy atom. The van der Waals surface area contributed by atoms with Gasteiger partial charge in [-0.3, -0.25) is 5.73 Å². The van der Waals surface area contributed by atoms with E-state index in [4.69, 9.17) is 11.5 Å². The smallest absolute Gasteiger partial charge is 0.282 e. The standard InChI is InChI=1S/C5H12N4O2/c6-4-2-1-3-5(7,8-10)9-11/h1-4,6-7H2. The van der Waals surface area contributed by atoms with E-state index in [1.165, 1.54) is 0 Å². The lowest BCUT2D eigenvalue weighted by Crippen LogP contribution is -2.34. The molecule has 0 aromatic carbocycles. The average molecular weight is 160 g/mol. The highest BCUT2D eigenvalue weighted by atomic mass is 16.3. The third-order valence-corrected chi connectivity index (χ3v) is 1.32. The Balaban J connectivity index is 3.69. The monoisotopic (exact) mass is 160 g/mol. The van der Waals surface area contributed by atoms with Crippen LogP contribution >= 0.6 is 0 Å². The number of nitroso groups, excluding NO2 is 2. The number of hydrogen-bond acceptors (Lipinski definition) is 6. The fourth-order valence-corrected chi connectivity index (χ4v) is 0.637. The molecular weight excluding hydrogens is 148 g/mol. The van der Waals surface area contributed by atoms with Crippen molar-refractivity contribution in [3.05, 3.63) is 9.81 Å². The Morgan fingerprint density at radius 1 is 1.18 bits per heavy atom. The summed E-state index contributed by atoms with van der Waals surface area (Å²) in [4.78, 5) is 19.9. The van der Waals surface area contributed by atoms with Crippen molar-refractivity contribution in [1.82, 2.24) is 0 Å². The quantitative estimate of drug-likeness (QED) is 0.428. The summed E-state index contributed by atoms with van der Waals surface area (Å²) in [5.74, 6) is -1.78. The number of rotatable bonds is 6. The highest BCUT2D eigenvalue weighted by Crippen LogP contribution is 2.13. The predicted molar refractivity (Wildman–Crippen MR) is 41.4 cm³/mol. The minimum atomic E-state index is -1.78. The van der Waals surface area contributed by atoms with Crippen LogP contribution in [0.3, 0.4) is 0 Å². The summed E-state index contributed by atoms with van der Waals surface area (Å²) < 4.78 is 0. The molecule has 0 rings (SSSR count). The Bertz CT molecular complexity index is 130. The second-order valence-electron chi connectivity index (χ2n) is 2.31. The molecule has 0 saturated carbocycles. The number of hydrogen-bond donors (Lipinski definition) is 2. The van der Waals surface area contributed by atoms with E-state index in [0.29, 0.717) is 19.4 Å². The summed E-state index contributed by atoms with van der Waals surface area (Å²) >= 11 is 0. The molecular formula is C5H12N4O2. The molecule has 0 bridgehead atoms. The zero-order valence-corrected chi connectivity index (χ0v) is 6.19. The molecule has 0 atom stereocenters. The van der Waals surface area contributed by atoms with E-state index < -0.39 is 5.79 Å². The lowest BCUT2D eigenvalue weighted by molar-refractivity contribution is 0.406. The first-order chi connectivity index (χ1) is 5.18. The fourth-order valence-electron chi connectivity index (χ4n) is 0.637. The van der Waals surface area contributed by atoms with E-state index in [1.54, 1.807) is 0 Å². The first-order valence-corrected chi connectivity index (χ1v) is 3.36. The zero-order chi connectivity index (χ0) is 8.74. The molecule has 0 aliphatic heterocycles. The number of nitrogens with zero attached hydrogens (tertiary/aromatic N) is 2. The van der Waals surface area contributed by atoms with Crippen molar-refractivity contribution in [1.29, 1.82) is 0 Å². The third kappa shape index (κ3) is 3.74. The summed E-state index contributed by atoms with van der Waals surface area (Å²) in [6.07, 6.45) is 1.46. The van der Waals surface area contributed by atoms with Crippen molar-refractivity contribution in [3.8, 4) is 0 Å². The largest absolute Gasteiger partial charge is 0.330 e. The Labute approximate surface area is 64.3 Å². The first-order valence-electron chi connectivity index (χ1n) is 3.36. The van der Waals surface area contributed by atoms with E-state index in [2.05, 4.69) is 10.4 Å². The molecule has 0 aliphatic rings. The van der Waals surface area contributed by atoms with Crippen LogP contribution < -0.4 is 11.5 Å². The summed E-state index contributed by atoms with van der Waals surface area (Å²) in [6, 6.07) is 0. The molecule has 0 fully saturated rings. The highest BCUT2D eigenvalue weighted by molar-refractivity contribution is 4.76. The highest BCUT2D eigenvalue weighted by Gasteiger charge is 2.25. The van der Waals surface area contributed by atoms with Crippen LogP contribution in [-0.2, 0) is 0 Å². The van der Waals surface area contributed by atoms with E-state index >= 15 is 0 Å². The molecule has 0 amide bonds. The Hall–Kier alpha value is -0.880. The number of unbranched alkanes of at least 4 members (excludes halogenated alkanes) is 1. The van der Waals surface area contributed by atoms with Crippen LogP contribution in [0.4, 0.5) is 0 Å². The normalized spacial score (nSPS) is 11.1. The molecule has 0 heterocycles. The summed E-state index contributed by atoms with van der Waals surface area (Å²) in [7, 11) is 0. The molecule has 6 heteroatoms. The summed E-state index contributed by atoms with van der Waals surface area (Å²) in [6.45, 7) is 0.508. The second kappa shape index (κ2) is 4.86. The van der Waals surface area contributed by atoms with Crippen molar-refractivity contribution >= 4 is 0 Å². The lowest BCUT2D eigenvalue weighted by Gasteiger charge is -2.10. The van der Waals surface area contributed by atoms with Crippen LogP contribution in [-0.4, -0.2) is 12.3 Å². The maximum absolute atomic E-state index is 9.95. The van der Waals surface area contributed by atoms with Crippen LogP contribution in [0.25, 0.3) is 0 Å². The van der Waals surface area contributed by atoms with Gasteiger partial charge in [0.05, 0.1) is 0 Å². The van der Waals surface area contributed by atoms with E-state index in [1.807, 2.05) is 0 Å². The predicted octanol–water partition coefficient (Wildman–Crippen LogP) is 0.261. The van der Waals surface area contributed by atoms with Crippen molar-refractivity contribution in [3.63, 3.8) is 0 Å². The lowest BCUT2D eigenvalue weighted by atomic mass is 10.1. The molecule has 0 aromatic rings. The molecule has 64 valence electrons. The SMILES string of the molecule is NCCCCC(N)(N=O)N=O. The summed E-state index contributed by atoms with van der Waals surface area (Å²) in [5.41, 5.74) is 10.3. The molecule has 0 spiro atoms. The molecule has 0 aliphatic carbocycles. The van der Waals surface area contributed by atoms with Crippen molar-refractivity contribution < 1.29 is 0 Å². The van der Waals surface area contributed by atoms with Gasteiger partial charge in [0, 0.05) is 6.42 Å². The molecule has 11 heavy (non-hydrogen) atoms. The third-order valence-electron chi connectivity index (χ3n) is 1.32. The van der Waals surface area contributed by atoms with Crippen molar-refractivity contribution in [2.45, 2.75) is 25.0 Å². The maximum atomic E-state index is 9.95. The Morgan fingerprint density at radius 2 is 1.73 bits per heavy atom. The molecule has 6 nitrogen and oxygen atoms in total. The van der Waals surface area contributed by atoms with Gasteiger partial charge in [-0.1, -0.05) is 0 Å². The maximum Gasteiger partial charge on any atom is 0.282 e. The van der Waals surface area contributed by atoms with Crippen molar-refractivity contribution in [2.75, 3.05) is 6.54 Å². The Kier molecular flexibility index (Phi) is 4.47. The van der Waals surface area contributed by atoms with E-state index in [-0.39, 0.29) is 6.42 Å². The second-order valence-corrected chi connectivity index (χ2v) is 2.31. The van der Waals surface area contributed by atoms with Gasteiger partial charge in [-0.15, -0.1) is 9.81 Å². The van der Waals surface area contributed by atoms with Crippen molar-refractivity contribution in [2.24, 2.45) is 21.8 Å². The van der Waals surface area contributed by atoms with Gasteiger partial charge in [0.1, 0.15) is 0 Å². The van der Waals surface area contributed by atoms with E-state index in [9.17, 15) is 9.81 Å². The summed E-state index contributed by atoms with van der Waals surface area (Å²) in [5, 5.41) is 4.84. The van der Waals surface area contributed by atoms with Gasteiger partial charge in [0.2, 0.25) is 0 Å². The van der Waals surface area contributed by atoms with Gasteiger partial charge in [-0.2, -0.15) is 0 Å². The van der Waals surface area contributed by atoms with Gasteiger partial charge < -0.3 is 5.73 Å². The average Bonchev–Trinajstić information content (AvgIpc) is 2.05. The molecule has 0 saturated heterocycles. The van der Waals surface area contributed by atoms with Gasteiger partial charge >= 0.3 is 0 Å². The zero-order valence-electron chi connectivity index (χ0n) is 6.19. The minimum Gasteiger partial charge on any atom is -0.330 e. The van der Waals surface area contributed by atoms with Crippen LogP contribution in [0.15, 0.2) is 10.4 Å². The number of nitrogens with two attached hydrogens (primary N) is 2. The van der Waals surface area contributed by atoms with Crippen LogP contribution in [0.1, 0.15) is 19.3 Å². The van der Waals surface area contributed by atoms with Crippen LogP contribution in [0.2, 0.25) is 0 Å². The van der Waals surface area contributed by atoms with Crippen LogP contribution in [0, 0.1) is 9.81 Å². The van der Waals surface area contributed by atoms with Gasteiger partial charge in [0.15, 0.2) is 0 Å².